The Kier molecular flexibility index (Phi) is 9.31. The van der Waals surface area contributed by atoms with Crippen LogP contribution >= 0.6 is 23.2 Å². The normalized spacial score (nSPS) is 29.1. The Morgan fingerprint density at radius 3 is 2.57 bits per heavy atom. The second-order valence-corrected chi connectivity index (χ2v) is 15.4. The fourth-order valence-electron chi connectivity index (χ4n) is 9.09. The van der Waals surface area contributed by atoms with Crippen LogP contribution in [0.3, 0.4) is 0 Å². The largest absolute Gasteiger partial charge is 0.487 e. The molecule has 0 spiro atoms. The number of carbonyl (C=O) groups excluding carboxylic acids is 3. The molecule has 3 aromatic rings. The van der Waals surface area contributed by atoms with E-state index in [-0.39, 0.29) is 41.8 Å². The third-order valence-corrected chi connectivity index (χ3v) is 12.6. The number of esters is 1. The molecule has 1 heterocycles. The van der Waals surface area contributed by atoms with E-state index in [1.165, 1.54) is 16.3 Å². The number of nitrogens with zero attached hydrogens (tertiary/aromatic N) is 3. The van der Waals surface area contributed by atoms with Crippen LogP contribution in [0.25, 0.3) is 6.08 Å². The molecule has 49 heavy (non-hydrogen) atoms. The zero-order chi connectivity index (χ0) is 34.3. The molecule has 10 heteroatoms. The van der Waals surface area contributed by atoms with E-state index >= 15 is 0 Å². The van der Waals surface area contributed by atoms with Gasteiger partial charge in [0.05, 0.1) is 16.2 Å². The summed E-state index contributed by atoms with van der Waals surface area (Å²) in [5.74, 6) is 2.27. The maximum absolute atomic E-state index is 12.9. The van der Waals surface area contributed by atoms with Crippen molar-refractivity contribution in [3.05, 3.63) is 93.3 Å². The van der Waals surface area contributed by atoms with Gasteiger partial charge in [0.25, 0.3) is 0 Å². The van der Waals surface area contributed by atoms with Crippen LogP contribution in [0.5, 0.6) is 5.75 Å². The van der Waals surface area contributed by atoms with Crippen molar-refractivity contribution in [2.45, 2.75) is 84.5 Å². The number of halogens is 2. The first-order chi connectivity index (χ1) is 23.5. The van der Waals surface area contributed by atoms with Crippen molar-refractivity contribution in [1.29, 1.82) is 0 Å². The van der Waals surface area contributed by atoms with Crippen LogP contribution in [0.1, 0.15) is 86.8 Å². The molecule has 0 unspecified atom stereocenters. The van der Waals surface area contributed by atoms with E-state index in [1.807, 2.05) is 0 Å². The molecule has 0 saturated heterocycles. The summed E-state index contributed by atoms with van der Waals surface area (Å²) >= 11 is 12.0. The molecule has 0 radical (unpaired) electrons. The van der Waals surface area contributed by atoms with Crippen LogP contribution in [0.15, 0.2) is 66.4 Å². The van der Waals surface area contributed by atoms with E-state index < -0.39 is 0 Å². The van der Waals surface area contributed by atoms with Crippen molar-refractivity contribution in [2.24, 2.45) is 28.6 Å². The zero-order valence-corrected chi connectivity index (χ0v) is 29.4. The Bertz CT molecular complexity index is 1830. The van der Waals surface area contributed by atoms with Crippen LogP contribution in [0.4, 0.5) is 0 Å². The van der Waals surface area contributed by atoms with Crippen molar-refractivity contribution in [1.82, 2.24) is 15.0 Å². The Morgan fingerprint density at radius 1 is 1.00 bits per heavy atom. The van der Waals surface area contributed by atoms with Gasteiger partial charge in [0, 0.05) is 23.8 Å². The molecule has 0 amide bonds. The maximum atomic E-state index is 12.9. The molecule has 3 saturated carbocycles. The molecule has 1 aromatic heterocycles. The van der Waals surface area contributed by atoms with Crippen molar-refractivity contribution in [3.8, 4) is 5.75 Å². The van der Waals surface area contributed by atoms with Gasteiger partial charge in [-0.25, -0.2) is 4.68 Å². The number of rotatable bonds is 9. The second-order valence-electron chi connectivity index (χ2n) is 14.6. The van der Waals surface area contributed by atoms with Gasteiger partial charge in [-0.2, -0.15) is 0 Å². The summed E-state index contributed by atoms with van der Waals surface area (Å²) in [7, 11) is 0. The van der Waals surface area contributed by atoms with Crippen LogP contribution in [-0.4, -0.2) is 38.6 Å². The number of hydrogen-bond acceptors (Lipinski definition) is 7. The van der Waals surface area contributed by atoms with Crippen molar-refractivity contribution in [2.75, 3.05) is 0 Å². The molecule has 0 bridgehead atoms. The summed E-state index contributed by atoms with van der Waals surface area (Å²) in [6.45, 7) is 4.77. The molecule has 7 rings (SSSR count). The molecule has 0 N–H and O–H groups in total. The lowest BCUT2D eigenvalue weighted by Crippen LogP contribution is -2.50. The van der Waals surface area contributed by atoms with Crippen LogP contribution in [0.2, 0.25) is 10.0 Å². The van der Waals surface area contributed by atoms with Gasteiger partial charge in [-0.15, -0.1) is 5.10 Å². The predicted octanol–water partition coefficient (Wildman–Crippen LogP) is 8.50. The number of ketones is 2. The topological polar surface area (TPSA) is 100 Å². The van der Waals surface area contributed by atoms with Crippen LogP contribution < -0.4 is 4.74 Å². The summed E-state index contributed by atoms with van der Waals surface area (Å²) in [6, 6.07) is 12.0. The number of hydrogen-bond donors (Lipinski definition) is 0. The number of aromatic nitrogens is 3. The smallest absolute Gasteiger partial charge is 0.328 e. The maximum Gasteiger partial charge on any atom is 0.328 e. The highest BCUT2D eigenvalue weighted by Gasteiger charge is 2.58. The zero-order valence-electron chi connectivity index (χ0n) is 27.9. The SMILES string of the molecule is C[C@]12CC[C@H](OC(=O)Cn3cc(COc4ccc(C(=O)/C=C/c5ccc(Cl)c(Cl)c5)cc4)nn3)CC1=CC[C@@H]1[C@@H]2CC[C@]2(C)C(=O)CC[C@@H]12. The number of benzene rings is 2. The van der Waals surface area contributed by atoms with Crippen molar-refractivity contribution in [3.63, 3.8) is 0 Å². The summed E-state index contributed by atoms with van der Waals surface area (Å²) in [6.07, 6.45) is 14.7. The fourth-order valence-corrected chi connectivity index (χ4v) is 9.40. The van der Waals surface area contributed by atoms with Crippen LogP contribution in [-0.2, 0) is 27.5 Å². The van der Waals surface area contributed by atoms with Gasteiger partial charge >= 0.3 is 5.97 Å². The minimum absolute atomic E-state index is 0.0225. The Hall–Kier alpha value is -3.75. The number of fused-ring (bicyclic) bond motifs is 5. The molecule has 2 aromatic carbocycles. The molecule has 8 nitrogen and oxygen atoms in total. The molecule has 3 fully saturated rings. The highest BCUT2D eigenvalue weighted by molar-refractivity contribution is 6.42. The highest BCUT2D eigenvalue weighted by atomic mass is 35.5. The summed E-state index contributed by atoms with van der Waals surface area (Å²) in [5, 5.41) is 9.13. The van der Waals surface area contributed by atoms with Gasteiger partial charge in [0.1, 0.15) is 36.5 Å². The lowest BCUT2D eigenvalue weighted by Gasteiger charge is -2.56. The number of carbonyl (C=O) groups is 3. The highest BCUT2D eigenvalue weighted by Crippen LogP contribution is 2.64. The summed E-state index contributed by atoms with van der Waals surface area (Å²) < 4.78 is 13.3. The molecule has 6 atom stereocenters. The average Bonchev–Trinajstić information content (AvgIpc) is 3.67. The molecule has 4 aliphatic carbocycles. The van der Waals surface area contributed by atoms with E-state index in [4.69, 9.17) is 32.7 Å². The van der Waals surface area contributed by atoms with Gasteiger partial charge in [0.2, 0.25) is 0 Å². The molecule has 0 aliphatic heterocycles. The van der Waals surface area contributed by atoms with Crippen molar-refractivity contribution < 1.29 is 23.9 Å². The Balaban J connectivity index is 0.880. The standard InChI is InChI=1S/C39H41Cl2N3O5/c1-38-17-15-29(20-26(38)7-10-30-31-11-14-36(46)39(31,2)18-16-32(30)38)49-37(47)22-44-21-27(42-43-44)23-48-28-8-5-25(6-9-28)35(45)13-4-24-3-12-33(40)34(41)19-24/h3-9,12-13,19,21,29-32H,10-11,14-18,20,22-23H2,1-2H3/b13-4+/t29-,30-,31-,32-,38-,39-/m0/s1. The Labute approximate surface area is 296 Å². The van der Waals surface area contributed by atoms with E-state index in [0.29, 0.717) is 50.6 Å². The third-order valence-electron chi connectivity index (χ3n) is 11.8. The Morgan fingerprint density at radius 2 is 1.78 bits per heavy atom. The first kappa shape index (κ1) is 33.7. The van der Waals surface area contributed by atoms with Gasteiger partial charge in [-0.05, 0) is 110 Å². The fraction of sp³-hybridized carbons (Fsp3) is 0.462. The number of allylic oxidation sites excluding steroid dienone is 2. The lowest BCUT2D eigenvalue weighted by molar-refractivity contribution is -0.152. The monoisotopic (exact) mass is 701 g/mol. The van der Waals surface area contributed by atoms with Gasteiger partial charge in [-0.3, -0.25) is 14.4 Å². The first-order valence-electron chi connectivity index (χ1n) is 17.2. The van der Waals surface area contributed by atoms with Gasteiger partial charge in [0.15, 0.2) is 5.78 Å². The molecule has 4 aliphatic rings. The van der Waals surface area contributed by atoms with E-state index in [2.05, 4.69) is 30.2 Å². The minimum Gasteiger partial charge on any atom is -0.487 e. The first-order valence-corrected chi connectivity index (χ1v) is 18.0. The van der Waals surface area contributed by atoms with E-state index in [0.717, 1.165) is 56.9 Å². The van der Waals surface area contributed by atoms with Gasteiger partial charge in [-0.1, -0.05) is 66.1 Å². The van der Waals surface area contributed by atoms with E-state index in [9.17, 15) is 14.4 Å². The predicted molar refractivity (Wildman–Crippen MR) is 187 cm³/mol. The van der Waals surface area contributed by atoms with Crippen molar-refractivity contribution >= 4 is 46.8 Å². The number of Topliss-reactive ketones (excluding diaryl/α,β-unsaturated/α-hetero) is 1. The molecular formula is C39H41Cl2N3O5. The lowest BCUT2D eigenvalue weighted by atomic mass is 9.48. The quantitative estimate of drug-likeness (QED) is 0.0954. The number of ether oxygens (including phenoxy) is 2. The average molecular weight is 703 g/mol. The molecule has 256 valence electrons. The summed E-state index contributed by atoms with van der Waals surface area (Å²) in [5.41, 5.74) is 3.30. The molecular weight excluding hydrogens is 661 g/mol. The second kappa shape index (κ2) is 13.5. The van der Waals surface area contributed by atoms with Crippen LogP contribution in [0, 0.1) is 28.6 Å². The third kappa shape index (κ3) is 6.74. The van der Waals surface area contributed by atoms with Gasteiger partial charge < -0.3 is 9.47 Å². The van der Waals surface area contributed by atoms with E-state index in [1.54, 1.807) is 54.7 Å². The summed E-state index contributed by atoms with van der Waals surface area (Å²) in [4.78, 5) is 38.3. The minimum atomic E-state index is -0.327.